The smallest absolute Gasteiger partial charge is 0.207 e. The molecule has 2 aromatic carbocycles. The molecule has 3 heteroatoms. The number of aryl methyl sites for hydroxylation is 1. The highest BCUT2D eigenvalue weighted by Crippen LogP contribution is 2.31. The maximum Gasteiger partial charge on any atom is 0.207 e. The van der Waals surface area contributed by atoms with Gasteiger partial charge in [-0.05, 0) is 37.6 Å². The molecule has 108 valence electrons. The lowest BCUT2D eigenvalue weighted by Crippen LogP contribution is -2.26. The van der Waals surface area contributed by atoms with Crippen molar-refractivity contribution >= 4 is 5.78 Å². The number of ketones is 1. The number of carbonyl (C=O) groups excluding carboxylic acids is 1. The van der Waals surface area contributed by atoms with Crippen LogP contribution in [-0.4, -0.2) is 18.5 Å². The molecule has 0 saturated carbocycles. The van der Waals surface area contributed by atoms with Crippen LogP contribution in [0, 0.1) is 6.92 Å². The highest BCUT2D eigenvalue weighted by atomic mass is 16.5. The van der Waals surface area contributed by atoms with E-state index in [2.05, 4.69) is 0 Å². The first-order valence-corrected chi connectivity index (χ1v) is 7.21. The van der Waals surface area contributed by atoms with Crippen LogP contribution < -0.4 is 9.47 Å². The summed E-state index contributed by atoms with van der Waals surface area (Å²) in [6.45, 7) is 4.42. The summed E-state index contributed by atoms with van der Waals surface area (Å²) in [5.74, 6) is 1.42. The van der Waals surface area contributed by atoms with Gasteiger partial charge in [-0.25, -0.2) is 0 Å². The zero-order chi connectivity index (χ0) is 14.8. The van der Waals surface area contributed by atoms with Crippen molar-refractivity contribution in [3.05, 3.63) is 59.2 Å². The van der Waals surface area contributed by atoms with E-state index in [4.69, 9.17) is 9.47 Å². The largest absolute Gasteiger partial charge is 0.493 e. The number of Topliss-reactive ketones (excluding diaryl/α,β-unsaturated/α-hetero) is 1. The minimum absolute atomic E-state index is 0.0154. The number of para-hydroxylation sites is 1. The molecule has 3 nitrogen and oxygen atoms in total. The number of hydrogen-bond acceptors (Lipinski definition) is 3. The molecule has 0 spiro atoms. The van der Waals surface area contributed by atoms with Crippen molar-refractivity contribution in [2.24, 2.45) is 0 Å². The molecule has 0 radical (unpaired) electrons. The minimum Gasteiger partial charge on any atom is -0.493 e. The zero-order valence-electron chi connectivity index (χ0n) is 12.3. The van der Waals surface area contributed by atoms with Gasteiger partial charge in [-0.2, -0.15) is 0 Å². The lowest BCUT2D eigenvalue weighted by atomic mass is 9.99. The van der Waals surface area contributed by atoms with Gasteiger partial charge in [-0.1, -0.05) is 29.8 Å². The van der Waals surface area contributed by atoms with Gasteiger partial charge in [0.1, 0.15) is 11.5 Å². The first-order chi connectivity index (χ1) is 10.2. The molecule has 0 amide bonds. The third-order valence-electron chi connectivity index (χ3n) is 3.64. The molecule has 0 aromatic heterocycles. The summed E-state index contributed by atoms with van der Waals surface area (Å²) in [5.41, 5.74) is 2.73. The number of fused-ring (bicyclic) bond motifs is 1. The molecule has 0 aliphatic carbocycles. The zero-order valence-corrected chi connectivity index (χ0v) is 12.3. The number of ether oxygens (including phenoxy) is 2. The van der Waals surface area contributed by atoms with E-state index in [1.807, 2.05) is 56.3 Å². The van der Waals surface area contributed by atoms with Crippen LogP contribution >= 0.6 is 0 Å². The quantitative estimate of drug-likeness (QED) is 0.804. The van der Waals surface area contributed by atoms with Crippen molar-refractivity contribution in [2.45, 2.75) is 26.4 Å². The molecule has 0 fully saturated rings. The molecule has 1 aliphatic rings. The lowest BCUT2D eigenvalue weighted by Gasteiger charge is -2.14. The molecule has 1 aliphatic heterocycles. The number of carbonyl (C=O) groups is 1. The van der Waals surface area contributed by atoms with Gasteiger partial charge in [0, 0.05) is 6.42 Å². The van der Waals surface area contributed by atoms with E-state index in [1.54, 1.807) is 0 Å². The SMILES string of the molecule is CCOc1ccc(C)cc1C(=O)C1Cc2ccccc2O1. The summed E-state index contributed by atoms with van der Waals surface area (Å²) >= 11 is 0. The van der Waals surface area contributed by atoms with Crippen LogP contribution in [0.25, 0.3) is 0 Å². The van der Waals surface area contributed by atoms with Crippen LogP contribution in [0.2, 0.25) is 0 Å². The van der Waals surface area contributed by atoms with Gasteiger partial charge in [0.2, 0.25) is 5.78 Å². The Labute approximate surface area is 124 Å². The van der Waals surface area contributed by atoms with Gasteiger partial charge in [0.15, 0.2) is 6.10 Å². The number of benzene rings is 2. The van der Waals surface area contributed by atoms with Crippen LogP contribution in [0.15, 0.2) is 42.5 Å². The van der Waals surface area contributed by atoms with Crippen LogP contribution in [0.3, 0.4) is 0 Å². The van der Waals surface area contributed by atoms with Crippen molar-refractivity contribution in [3.8, 4) is 11.5 Å². The molecule has 21 heavy (non-hydrogen) atoms. The van der Waals surface area contributed by atoms with Crippen LogP contribution in [0.1, 0.15) is 28.4 Å². The van der Waals surface area contributed by atoms with E-state index in [9.17, 15) is 4.79 Å². The summed E-state index contributed by atoms with van der Waals surface area (Å²) < 4.78 is 11.4. The predicted molar refractivity (Wildman–Crippen MR) is 81.2 cm³/mol. The molecule has 1 heterocycles. The Hall–Kier alpha value is -2.29. The van der Waals surface area contributed by atoms with Gasteiger partial charge >= 0.3 is 0 Å². The summed E-state index contributed by atoms with van der Waals surface area (Å²) in [5, 5.41) is 0. The summed E-state index contributed by atoms with van der Waals surface area (Å²) in [4.78, 5) is 12.8. The molecule has 0 N–H and O–H groups in total. The topological polar surface area (TPSA) is 35.5 Å². The first kappa shape index (κ1) is 13.7. The Morgan fingerprint density at radius 3 is 2.86 bits per heavy atom. The Morgan fingerprint density at radius 2 is 2.10 bits per heavy atom. The molecule has 0 saturated heterocycles. The Bertz CT molecular complexity index is 651. The second kappa shape index (κ2) is 5.60. The van der Waals surface area contributed by atoms with Crippen LogP contribution in [0.4, 0.5) is 0 Å². The van der Waals surface area contributed by atoms with Gasteiger partial charge in [-0.15, -0.1) is 0 Å². The van der Waals surface area contributed by atoms with Crippen molar-refractivity contribution in [1.29, 1.82) is 0 Å². The fourth-order valence-corrected chi connectivity index (χ4v) is 2.62. The van der Waals surface area contributed by atoms with E-state index >= 15 is 0 Å². The van der Waals surface area contributed by atoms with E-state index in [1.165, 1.54) is 0 Å². The molecule has 1 atom stereocenters. The lowest BCUT2D eigenvalue weighted by molar-refractivity contribution is 0.0820. The fraction of sp³-hybridized carbons (Fsp3) is 0.278. The third kappa shape index (κ3) is 2.64. The summed E-state index contributed by atoms with van der Waals surface area (Å²) in [6.07, 6.45) is 0.164. The molecule has 0 bridgehead atoms. The van der Waals surface area contributed by atoms with E-state index in [0.717, 1.165) is 16.9 Å². The van der Waals surface area contributed by atoms with Gasteiger partial charge < -0.3 is 9.47 Å². The second-order valence-electron chi connectivity index (χ2n) is 5.22. The number of hydrogen-bond donors (Lipinski definition) is 0. The average molecular weight is 282 g/mol. The van der Waals surface area contributed by atoms with Gasteiger partial charge in [0.25, 0.3) is 0 Å². The predicted octanol–water partition coefficient (Wildman–Crippen LogP) is 3.58. The summed E-state index contributed by atoms with van der Waals surface area (Å²) in [6, 6.07) is 13.5. The van der Waals surface area contributed by atoms with E-state index in [0.29, 0.717) is 24.3 Å². The van der Waals surface area contributed by atoms with E-state index in [-0.39, 0.29) is 5.78 Å². The Morgan fingerprint density at radius 1 is 1.29 bits per heavy atom. The van der Waals surface area contributed by atoms with Crippen LogP contribution in [-0.2, 0) is 6.42 Å². The molecular weight excluding hydrogens is 264 g/mol. The summed E-state index contributed by atoms with van der Waals surface area (Å²) in [7, 11) is 0. The highest BCUT2D eigenvalue weighted by Gasteiger charge is 2.31. The van der Waals surface area contributed by atoms with Crippen molar-refractivity contribution in [3.63, 3.8) is 0 Å². The standard InChI is InChI=1S/C18H18O3/c1-3-20-16-9-8-12(2)10-14(16)18(19)17-11-13-6-4-5-7-15(13)21-17/h4-10,17H,3,11H2,1-2H3. The third-order valence-corrected chi connectivity index (χ3v) is 3.64. The van der Waals surface area contributed by atoms with Crippen molar-refractivity contribution in [2.75, 3.05) is 6.61 Å². The fourth-order valence-electron chi connectivity index (χ4n) is 2.62. The van der Waals surface area contributed by atoms with Crippen molar-refractivity contribution in [1.82, 2.24) is 0 Å². The second-order valence-corrected chi connectivity index (χ2v) is 5.22. The highest BCUT2D eigenvalue weighted by molar-refractivity contribution is 6.02. The average Bonchev–Trinajstić information content (AvgIpc) is 2.92. The van der Waals surface area contributed by atoms with E-state index < -0.39 is 6.10 Å². The molecular formula is C18H18O3. The maximum atomic E-state index is 12.8. The maximum absolute atomic E-state index is 12.8. The molecule has 1 unspecified atom stereocenters. The monoisotopic (exact) mass is 282 g/mol. The first-order valence-electron chi connectivity index (χ1n) is 7.21. The molecule has 2 aromatic rings. The molecule has 3 rings (SSSR count). The van der Waals surface area contributed by atoms with Crippen molar-refractivity contribution < 1.29 is 14.3 Å². The minimum atomic E-state index is -0.455. The Balaban J connectivity index is 1.88. The number of rotatable bonds is 4. The van der Waals surface area contributed by atoms with Gasteiger partial charge in [0.05, 0.1) is 12.2 Å². The van der Waals surface area contributed by atoms with Gasteiger partial charge in [-0.3, -0.25) is 4.79 Å². The normalized spacial score (nSPS) is 16.2. The van der Waals surface area contributed by atoms with Crippen LogP contribution in [0.5, 0.6) is 11.5 Å². The Kier molecular flexibility index (Phi) is 3.65.